The summed E-state index contributed by atoms with van der Waals surface area (Å²) in [6, 6.07) is 13.3. The Labute approximate surface area is 459 Å². The third kappa shape index (κ3) is 13.5. The second-order valence-corrected chi connectivity index (χ2v) is 19.3. The molecule has 11 rings (SSSR count). The lowest BCUT2D eigenvalue weighted by molar-refractivity contribution is -0.154. The maximum Gasteiger partial charge on any atom is 0.422 e. The molecule has 0 radical (unpaired) electrons. The molecule has 0 spiro atoms. The topological polar surface area (TPSA) is 240 Å². The molecule has 26 heteroatoms. The van der Waals surface area contributed by atoms with Crippen LogP contribution in [0.5, 0.6) is 28.9 Å². The molecule has 2 saturated heterocycles. The Kier molecular flexibility index (Phi) is 17.6. The van der Waals surface area contributed by atoms with Gasteiger partial charge in [-0.25, -0.2) is 20.0 Å². The lowest BCUT2D eigenvalue weighted by Crippen LogP contribution is -2.47. The van der Waals surface area contributed by atoms with Crippen molar-refractivity contribution >= 4 is 58.5 Å². The number of amides is 3. The Bertz CT molecular complexity index is 3020. The minimum atomic E-state index is -4.49. The van der Waals surface area contributed by atoms with E-state index in [0.717, 1.165) is 115 Å². The van der Waals surface area contributed by atoms with E-state index in [1.165, 1.54) is 25.4 Å². The molecular weight excluding hydrogens is 1050 g/mol. The van der Waals surface area contributed by atoms with Gasteiger partial charge >= 0.3 is 6.18 Å². The quantitative estimate of drug-likeness (QED) is 0.115. The van der Waals surface area contributed by atoms with E-state index in [0.29, 0.717) is 96.9 Å². The molecule has 2 aromatic carbocycles. The van der Waals surface area contributed by atoms with Crippen LogP contribution in [-0.4, -0.2) is 203 Å². The van der Waals surface area contributed by atoms with Crippen LogP contribution in [0.4, 0.5) is 30.4 Å². The number of nitrogens with one attached hydrogen (secondary N) is 3. The molecule has 3 fully saturated rings. The molecule has 8 heterocycles. The number of alkyl halides is 3. The number of aliphatic imine (C=N–C) groups is 4. The van der Waals surface area contributed by atoms with Crippen molar-refractivity contribution in [3.05, 3.63) is 83.2 Å². The molecule has 1 aliphatic carbocycles. The summed E-state index contributed by atoms with van der Waals surface area (Å²) in [6.45, 7) is 10.4. The average molecular weight is 1110 g/mol. The molecule has 2 aromatic heterocycles. The standard InChI is InChI=1S/C28H33N7O5.C26H29F3N6O5/c1-38-24-21(40-14-2-10-34-12-15-39-16-13-34)7-6-20-23(24)32-28(35-11-9-29-25(20)35)33-27(37)19-5-8-22(30-17-19)31-26(36)18-3-4-18;1-37-22-19(39-12-2-8-34-10-13-38-14-11-34)5-4-18-21(22)32-25(35-9-7-30-23(18)35)33-24(36)17-3-6-20(31-15-17)40-16-26(27,28)29/h5-8,17-18H,2-4,9-16H2,1H3,(H,30,31,36)(H,32,33,37);3-6,15H,2,7-14,16H2,1H3,(H,32,33,36). The predicted octanol–water partition coefficient (Wildman–Crippen LogP) is 4.66. The van der Waals surface area contributed by atoms with Crippen molar-refractivity contribution in [3.8, 4) is 28.9 Å². The van der Waals surface area contributed by atoms with Crippen molar-refractivity contribution in [1.29, 1.82) is 0 Å². The first-order chi connectivity index (χ1) is 38.9. The highest BCUT2D eigenvalue weighted by molar-refractivity contribution is 6.21. The summed E-state index contributed by atoms with van der Waals surface area (Å²) in [7, 11) is 3.11. The number of guanidine groups is 2. The first-order valence-electron chi connectivity index (χ1n) is 26.6. The third-order valence-electron chi connectivity index (χ3n) is 13.7. The van der Waals surface area contributed by atoms with E-state index in [4.69, 9.17) is 38.4 Å². The van der Waals surface area contributed by atoms with Gasteiger partial charge in [0, 0.05) is 87.9 Å². The number of pyridine rings is 2. The number of nitrogens with zero attached hydrogens (tertiary/aromatic N) is 10. The van der Waals surface area contributed by atoms with Crippen LogP contribution in [0.25, 0.3) is 0 Å². The second-order valence-electron chi connectivity index (χ2n) is 19.3. The van der Waals surface area contributed by atoms with E-state index >= 15 is 0 Å². The van der Waals surface area contributed by atoms with E-state index in [9.17, 15) is 27.6 Å². The van der Waals surface area contributed by atoms with Crippen LogP contribution in [0, 0.1) is 5.92 Å². The number of carbonyl (C=O) groups excluding carboxylic acids is 3. The van der Waals surface area contributed by atoms with Crippen molar-refractivity contribution in [2.24, 2.45) is 25.9 Å². The third-order valence-corrected chi connectivity index (χ3v) is 13.7. The van der Waals surface area contributed by atoms with Gasteiger partial charge in [0.15, 0.2) is 29.6 Å². The first kappa shape index (κ1) is 55.4. The zero-order valence-corrected chi connectivity index (χ0v) is 44.4. The fourth-order valence-electron chi connectivity index (χ4n) is 9.47. The summed E-state index contributed by atoms with van der Waals surface area (Å²) in [5, 5.41) is 8.46. The summed E-state index contributed by atoms with van der Waals surface area (Å²) in [5.74, 6) is 3.36. The summed E-state index contributed by atoms with van der Waals surface area (Å²) in [6.07, 6.45) is 1.62. The number of hydrogen-bond donors (Lipinski definition) is 3. The highest BCUT2D eigenvalue weighted by Gasteiger charge is 2.36. The smallest absolute Gasteiger partial charge is 0.422 e. The molecule has 0 unspecified atom stereocenters. The zero-order chi connectivity index (χ0) is 55.6. The lowest BCUT2D eigenvalue weighted by Gasteiger charge is -2.29. The van der Waals surface area contributed by atoms with E-state index in [1.807, 2.05) is 29.2 Å². The number of amidine groups is 2. The predicted molar refractivity (Wildman–Crippen MR) is 287 cm³/mol. The number of hydrogen-bond acceptors (Lipinski definition) is 20. The molecule has 3 N–H and O–H groups in total. The number of methoxy groups -OCH3 is 2. The molecular formula is C54H62F3N13O10. The van der Waals surface area contributed by atoms with Gasteiger partial charge in [-0.15, -0.1) is 0 Å². The number of halogens is 3. The number of morpholine rings is 2. The summed E-state index contributed by atoms with van der Waals surface area (Å²) < 4.78 is 76.2. The van der Waals surface area contributed by atoms with Gasteiger partial charge in [0.05, 0.1) is 78.1 Å². The molecule has 1 saturated carbocycles. The van der Waals surface area contributed by atoms with Crippen molar-refractivity contribution in [2.75, 3.05) is 131 Å². The Morgan fingerprint density at radius 1 is 0.625 bits per heavy atom. The number of ether oxygens (including phenoxy) is 7. The maximum absolute atomic E-state index is 13.1. The average Bonchev–Trinajstić information content (AvgIpc) is 4.15. The Morgan fingerprint density at radius 3 is 1.56 bits per heavy atom. The zero-order valence-electron chi connectivity index (χ0n) is 44.4. The first-order valence-corrected chi connectivity index (χ1v) is 26.6. The van der Waals surface area contributed by atoms with Gasteiger partial charge < -0.3 is 38.5 Å². The van der Waals surface area contributed by atoms with Gasteiger partial charge in [-0.05, 0) is 68.1 Å². The van der Waals surface area contributed by atoms with Gasteiger partial charge in [0.2, 0.25) is 23.7 Å². The number of fused-ring (bicyclic) bond motifs is 6. The summed E-state index contributed by atoms with van der Waals surface area (Å²) >= 11 is 0. The molecule has 4 aromatic rings. The molecule has 3 amide bonds. The number of aromatic nitrogens is 2. The fraction of sp³-hybridized carbons (Fsp3) is 0.463. The molecule has 0 bridgehead atoms. The van der Waals surface area contributed by atoms with E-state index < -0.39 is 18.7 Å². The molecule has 0 atom stereocenters. The maximum atomic E-state index is 13.1. The van der Waals surface area contributed by atoms with Crippen LogP contribution in [0.1, 0.15) is 57.5 Å². The Hall–Kier alpha value is -7.94. The van der Waals surface area contributed by atoms with E-state index in [2.05, 4.69) is 50.4 Å². The highest BCUT2D eigenvalue weighted by Crippen LogP contribution is 2.45. The van der Waals surface area contributed by atoms with Crippen LogP contribution in [-0.2, 0) is 14.3 Å². The Morgan fingerprint density at radius 2 is 1.12 bits per heavy atom. The van der Waals surface area contributed by atoms with Gasteiger partial charge in [-0.1, -0.05) is 0 Å². The van der Waals surface area contributed by atoms with Crippen LogP contribution < -0.4 is 39.6 Å². The van der Waals surface area contributed by atoms with Gasteiger partial charge in [-0.3, -0.25) is 54.6 Å². The van der Waals surface area contributed by atoms with Crippen molar-refractivity contribution in [2.45, 2.75) is 31.9 Å². The molecule has 424 valence electrons. The van der Waals surface area contributed by atoms with Crippen LogP contribution >= 0.6 is 0 Å². The fourth-order valence-corrected chi connectivity index (χ4v) is 9.47. The molecule has 23 nitrogen and oxygen atoms in total. The minimum absolute atomic E-state index is 0.0322. The number of carbonyl (C=O) groups is 3. The number of anilines is 1. The minimum Gasteiger partial charge on any atom is -0.491 e. The van der Waals surface area contributed by atoms with Gasteiger partial charge in [0.1, 0.15) is 28.9 Å². The largest absolute Gasteiger partial charge is 0.491 e. The summed E-state index contributed by atoms with van der Waals surface area (Å²) in [4.78, 5) is 73.3. The molecule has 7 aliphatic rings. The van der Waals surface area contributed by atoms with Crippen LogP contribution in [0.3, 0.4) is 0 Å². The van der Waals surface area contributed by atoms with Crippen molar-refractivity contribution < 1.29 is 60.7 Å². The van der Waals surface area contributed by atoms with Gasteiger partial charge in [0.25, 0.3) is 11.8 Å². The van der Waals surface area contributed by atoms with Crippen molar-refractivity contribution in [1.82, 2.24) is 40.2 Å². The van der Waals surface area contributed by atoms with Crippen molar-refractivity contribution in [3.63, 3.8) is 0 Å². The van der Waals surface area contributed by atoms with E-state index in [-0.39, 0.29) is 35.1 Å². The molecule has 80 heavy (non-hydrogen) atoms. The summed E-state index contributed by atoms with van der Waals surface area (Å²) in [5.41, 5.74) is 3.09. The lowest BCUT2D eigenvalue weighted by atomic mass is 10.1. The monoisotopic (exact) mass is 1110 g/mol. The molecule has 6 aliphatic heterocycles. The van der Waals surface area contributed by atoms with E-state index in [1.54, 1.807) is 24.1 Å². The SMILES string of the molecule is COc1c(OCCCN2CCOCC2)ccc2c1N=C(NC(=O)c1ccc(NC(=O)C3CC3)nc1)N1CCN=C21.COc1c(OCCCN2CCOCC2)ccc2c1N=C(NC(=O)c1ccc(OCC(F)(F)F)nc1)N1CCN=C21. The number of rotatable bonds is 18. The highest BCUT2D eigenvalue weighted by atomic mass is 19.4. The second kappa shape index (κ2) is 25.5. The van der Waals surface area contributed by atoms with Crippen LogP contribution in [0.15, 0.2) is 80.9 Å². The van der Waals surface area contributed by atoms with Gasteiger partial charge in [-0.2, -0.15) is 13.2 Å². The van der Waals surface area contributed by atoms with Crippen LogP contribution in [0.2, 0.25) is 0 Å². The number of benzene rings is 2. The Balaban J connectivity index is 0.000000180. The normalized spacial score (nSPS) is 17.6.